The van der Waals surface area contributed by atoms with Gasteiger partial charge in [0.25, 0.3) is 0 Å². The summed E-state index contributed by atoms with van der Waals surface area (Å²) in [6, 6.07) is 0. The van der Waals surface area contributed by atoms with Crippen LogP contribution in [0.2, 0.25) is 6.55 Å². The van der Waals surface area contributed by atoms with E-state index < -0.39 is 8.80 Å². The smallest absolute Gasteiger partial charge is 0.370 e. The molecule has 0 saturated carbocycles. The molecule has 3 fully saturated rings. The Morgan fingerprint density at radius 1 is 0.421 bits per heavy atom. The zero-order valence-electron chi connectivity index (χ0n) is 28.0. The van der Waals surface area contributed by atoms with Crippen molar-refractivity contribution in [3.63, 3.8) is 0 Å². The molecule has 3 aliphatic heterocycles. The minimum atomic E-state index is -3.01. The van der Waals surface area contributed by atoms with Crippen LogP contribution < -0.4 is 0 Å². The Morgan fingerprint density at radius 3 is 0.737 bits per heavy atom. The van der Waals surface area contributed by atoms with Gasteiger partial charge >= 0.3 is 8.80 Å². The third-order valence-corrected chi connectivity index (χ3v) is 13.2. The van der Waals surface area contributed by atoms with Gasteiger partial charge in [-0.25, -0.2) is 0 Å². The molecule has 0 aromatic heterocycles. The predicted molar refractivity (Wildman–Crippen MR) is 162 cm³/mol. The van der Waals surface area contributed by atoms with Gasteiger partial charge in [0.15, 0.2) is 0 Å². The normalized spacial score (nSPS) is 30.9. The Labute approximate surface area is 237 Å². The Kier molecular flexibility index (Phi) is 8.60. The van der Waals surface area contributed by atoms with Gasteiger partial charge in [-0.3, -0.25) is 14.7 Å². The zero-order valence-corrected chi connectivity index (χ0v) is 29.0. The standard InChI is InChI=1S/C31H63N3O3Si/c1-26(2)17-23(18-27(3,4)32(26)13)35-38(16,36-24-19-28(5,6)33(14)29(7,8)20-24)37-25-21-30(9,10)34(15)31(11,12)22-25/h23-25H,17-22H2,1-16H3. The van der Waals surface area contributed by atoms with E-state index in [1.165, 1.54) is 0 Å². The second-order valence-electron chi connectivity index (χ2n) is 16.9. The lowest BCUT2D eigenvalue weighted by Gasteiger charge is -2.56. The number of rotatable bonds is 6. The first kappa shape index (κ1) is 32.5. The Balaban J connectivity index is 1.91. The van der Waals surface area contributed by atoms with Crippen molar-refractivity contribution in [1.29, 1.82) is 0 Å². The molecule has 3 aliphatic rings. The first-order valence-electron chi connectivity index (χ1n) is 15.1. The van der Waals surface area contributed by atoms with Gasteiger partial charge in [0.05, 0.1) is 18.3 Å². The van der Waals surface area contributed by atoms with E-state index in [9.17, 15) is 0 Å². The SMILES string of the molecule is CN1C(C)(C)CC(O[Si](C)(OC2CC(C)(C)N(C)C(C)(C)C2)OC2CC(C)(C)N(C)C(C)(C)C2)CC1(C)C. The molecule has 3 heterocycles. The van der Waals surface area contributed by atoms with E-state index in [4.69, 9.17) is 13.3 Å². The van der Waals surface area contributed by atoms with E-state index in [0.717, 1.165) is 38.5 Å². The van der Waals surface area contributed by atoms with Gasteiger partial charge in [-0.15, -0.1) is 0 Å². The maximum atomic E-state index is 7.17. The van der Waals surface area contributed by atoms with E-state index in [-0.39, 0.29) is 51.5 Å². The molecule has 0 spiro atoms. The molecular formula is C31H63N3O3Si. The van der Waals surface area contributed by atoms with Crippen molar-refractivity contribution in [1.82, 2.24) is 14.7 Å². The zero-order chi connectivity index (χ0) is 29.3. The van der Waals surface area contributed by atoms with E-state index in [2.05, 4.69) is 125 Å². The first-order chi connectivity index (χ1) is 16.8. The summed E-state index contributed by atoms with van der Waals surface area (Å²) in [6.45, 7) is 30.3. The molecule has 0 N–H and O–H groups in total. The number of likely N-dealkylation sites (tertiary alicyclic amines) is 3. The highest BCUT2D eigenvalue weighted by atomic mass is 28.4. The molecule has 38 heavy (non-hydrogen) atoms. The Hall–Kier alpha value is -0.0231. The van der Waals surface area contributed by atoms with E-state index in [1.54, 1.807) is 0 Å². The molecular weight excluding hydrogens is 490 g/mol. The third kappa shape index (κ3) is 6.71. The minimum Gasteiger partial charge on any atom is -0.370 e. The molecule has 7 heteroatoms. The number of hydrogen-bond donors (Lipinski definition) is 0. The van der Waals surface area contributed by atoms with Gasteiger partial charge in [-0.05, 0) is 143 Å². The summed E-state index contributed by atoms with van der Waals surface area (Å²) >= 11 is 0. The van der Waals surface area contributed by atoms with Crippen LogP contribution in [0.5, 0.6) is 0 Å². The van der Waals surface area contributed by atoms with Crippen molar-refractivity contribution in [2.45, 2.75) is 180 Å². The molecule has 3 saturated heterocycles. The Morgan fingerprint density at radius 2 is 0.579 bits per heavy atom. The topological polar surface area (TPSA) is 37.4 Å². The highest BCUT2D eigenvalue weighted by molar-refractivity contribution is 6.59. The van der Waals surface area contributed by atoms with Crippen LogP contribution in [-0.2, 0) is 13.3 Å². The average molecular weight is 554 g/mol. The lowest BCUT2D eigenvalue weighted by molar-refractivity contribution is -0.124. The quantitative estimate of drug-likeness (QED) is 0.347. The summed E-state index contributed by atoms with van der Waals surface area (Å²) in [6.07, 6.45) is 6.25. The van der Waals surface area contributed by atoms with Gasteiger partial charge in [0.1, 0.15) is 0 Å². The maximum absolute atomic E-state index is 7.17. The van der Waals surface area contributed by atoms with E-state index in [1.807, 2.05) is 0 Å². The summed E-state index contributed by atoms with van der Waals surface area (Å²) in [5.41, 5.74) is 0.314. The average Bonchev–Trinajstić information content (AvgIpc) is 2.66. The van der Waals surface area contributed by atoms with Crippen LogP contribution in [0, 0.1) is 0 Å². The molecule has 0 aliphatic carbocycles. The monoisotopic (exact) mass is 553 g/mol. The van der Waals surface area contributed by atoms with Crippen LogP contribution in [0.3, 0.4) is 0 Å². The van der Waals surface area contributed by atoms with E-state index in [0.29, 0.717) is 0 Å². The molecule has 3 rings (SSSR count). The highest BCUT2D eigenvalue weighted by Gasteiger charge is 2.53. The molecule has 0 aromatic rings. The van der Waals surface area contributed by atoms with Crippen molar-refractivity contribution in [3.05, 3.63) is 0 Å². The summed E-state index contributed by atoms with van der Waals surface area (Å²) < 4.78 is 21.5. The van der Waals surface area contributed by atoms with Gasteiger partial charge in [-0.2, -0.15) is 0 Å². The molecule has 0 radical (unpaired) electrons. The molecule has 0 aromatic carbocycles. The second kappa shape index (κ2) is 10.1. The molecule has 224 valence electrons. The molecule has 0 atom stereocenters. The summed E-state index contributed by atoms with van der Waals surface area (Å²) in [5, 5.41) is 0. The lowest BCUT2D eigenvalue weighted by atomic mass is 9.79. The van der Waals surface area contributed by atoms with Crippen LogP contribution in [0.4, 0.5) is 0 Å². The van der Waals surface area contributed by atoms with Crippen molar-refractivity contribution < 1.29 is 13.3 Å². The van der Waals surface area contributed by atoms with Crippen molar-refractivity contribution in [2.24, 2.45) is 0 Å². The molecule has 0 bridgehead atoms. The van der Waals surface area contributed by atoms with Crippen LogP contribution in [0.15, 0.2) is 0 Å². The number of hydrogen-bond acceptors (Lipinski definition) is 6. The van der Waals surface area contributed by atoms with Gasteiger partial charge in [0, 0.05) is 39.8 Å². The summed E-state index contributed by atoms with van der Waals surface area (Å²) in [4.78, 5) is 7.56. The maximum Gasteiger partial charge on any atom is 0.498 e. The first-order valence-corrected chi connectivity index (χ1v) is 17.3. The molecule has 6 nitrogen and oxygen atoms in total. The van der Waals surface area contributed by atoms with Crippen LogP contribution in [-0.4, -0.2) is 96.2 Å². The largest absolute Gasteiger partial charge is 0.498 e. The Bertz CT molecular complexity index is 692. The third-order valence-electron chi connectivity index (χ3n) is 11.0. The number of piperidine rings is 3. The van der Waals surface area contributed by atoms with Crippen molar-refractivity contribution >= 4 is 8.80 Å². The molecule has 0 amide bonds. The second-order valence-corrected chi connectivity index (χ2v) is 19.3. The minimum absolute atomic E-state index is 0.0524. The van der Waals surface area contributed by atoms with Crippen molar-refractivity contribution in [3.8, 4) is 0 Å². The molecule has 0 unspecified atom stereocenters. The van der Waals surface area contributed by atoms with Crippen molar-refractivity contribution in [2.75, 3.05) is 21.1 Å². The number of nitrogens with zero attached hydrogens (tertiary/aromatic N) is 3. The van der Waals surface area contributed by atoms with Crippen LogP contribution in [0.25, 0.3) is 0 Å². The van der Waals surface area contributed by atoms with Gasteiger partial charge in [0.2, 0.25) is 0 Å². The lowest BCUT2D eigenvalue weighted by Crippen LogP contribution is -2.65. The van der Waals surface area contributed by atoms with Gasteiger partial charge < -0.3 is 13.3 Å². The summed E-state index contributed by atoms with van der Waals surface area (Å²) in [5.74, 6) is 0. The van der Waals surface area contributed by atoms with Crippen LogP contribution in [0.1, 0.15) is 122 Å². The fraction of sp³-hybridized carbons (Fsp3) is 1.00. The van der Waals surface area contributed by atoms with E-state index >= 15 is 0 Å². The van der Waals surface area contributed by atoms with Gasteiger partial charge in [-0.1, -0.05) is 0 Å². The fourth-order valence-electron chi connectivity index (χ4n) is 8.08. The predicted octanol–water partition coefficient (Wildman–Crippen LogP) is 6.56. The van der Waals surface area contributed by atoms with Crippen LogP contribution >= 0.6 is 0 Å². The summed E-state index contributed by atoms with van der Waals surface area (Å²) in [7, 11) is 3.76. The highest BCUT2D eigenvalue weighted by Crippen LogP contribution is 2.44. The fourth-order valence-corrected chi connectivity index (χ4v) is 10.6.